The van der Waals surface area contributed by atoms with Gasteiger partial charge in [-0.1, -0.05) is 0 Å². The van der Waals surface area contributed by atoms with Gasteiger partial charge in [-0.3, -0.25) is 0 Å². The van der Waals surface area contributed by atoms with Crippen LogP contribution in [0.1, 0.15) is 19.8 Å². The van der Waals surface area contributed by atoms with E-state index in [1.807, 2.05) is 18.3 Å². The molecule has 1 aliphatic heterocycles. The number of nitrogens with one attached hydrogen (secondary N) is 1. The molecule has 1 N–H and O–H groups in total. The minimum absolute atomic E-state index is 0.356. The van der Waals surface area contributed by atoms with Crippen LogP contribution >= 0.6 is 15.9 Å². The van der Waals surface area contributed by atoms with Gasteiger partial charge in [0.2, 0.25) is 5.95 Å². The lowest BCUT2D eigenvalue weighted by molar-refractivity contribution is 0.327. The maximum atomic E-state index is 4.50. The highest BCUT2D eigenvalue weighted by Gasteiger charge is 2.15. The Morgan fingerprint density at radius 2 is 2.21 bits per heavy atom. The summed E-state index contributed by atoms with van der Waals surface area (Å²) >= 11 is 3.49. The van der Waals surface area contributed by atoms with E-state index >= 15 is 0 Å². The Hall–Kier alpha value is -1.14. The molecule has 0 saturated carbocycles. The summed E-state index contributed by atoms with van der Waals surface area (Å²) in [6.07, 6.45) is 4.56. The highest BCUT2D eigenvalue weighted by atomic mass is 79.9. The molecule has 6 heteroatoms. The standard InChI is InChI=1S/C13H18BrN5/c1-10(9-18-6-2-3-7-18)15-13-16-12-11(14)5-4-8-19(12)17-13/h4-5,8,10H,2-3,6-7,9H2,1H3,(H,15,17). The van der Waals surface area contributed by atoms with Gasteiger partial charge in [-0.2, -0.15) is 4.98 Å². The van der Waals surface area contributed by atoms with Crippen molar-refractivity contribution in [2.45, 2.75) is 25.8 Å². The van der Waals surface area contributed by atoms with Gasteiger partial charge >= 0.3 is 0 Å². The lowest BCUT2D eigenvalue weighted by atomic mass is 10.3. The number of halogens is 1. The van der Waals surface area contributed by atoms with Gasteiger partial charge in [0.1, 0.15) is 0 Å². The Kier molecular flexibility index (Phi) is 3.70. The maximum Gasteiger partial charge on any atom is 0.243 e. The van der Waals surface area contributed by atoms with E-state index in [4.69, 9.17) is 0 Å². The smallest absolute Gasteiger partial charge is 0.243 e. The third-order valence-electron chi connectivity index (χ3n) is 3.42. The number of aromatic nitrogens is 3. The number of fused-ring (bicyclic) bond motifs is 1. The summed E-state index contributed by atoms with van der Waals surface area (Å²) in [6.45, 7) is 5.67. The Morgan fingerprint density at radius 1 is 1.42 bits per heavy atom. The molecule has 0 bridgehead atoms. The summed E-state index contributed by atoms with van der Waals surface area (Å²) in [7, 11) is 0. The average molecular weight is 324 g/mol. The SMILES string of the molecule is CC(CN1CCCC1)Nc1nc2c(Br)cccn2n1. The molecule has 3 rings (SSSR count). The third-order valence-corrected chi connectivity index (χ3v) is 4.04. The van der Waals surface area contributed by atoms with Crippen molar-refractivity contribution in [3.8, 4) is 0 Å². The van der Waals surface area contributed by atoms with E-state index in [1.54, 1.807) is 4.52 Å². The molecule has 1 fully saturated rings. The van der Waals surface area contributed by atoms with Crippen LogP contribution < -0.4 is 5.32 Å². The van der Waals surface area contributed by atoms with Crippen LogP contribution in [0.2, 0.25) is 0 Å². The van der Waals surface area contributed by atoms with Crippen LogP contribution in [0.15, 0.2) is 22.8 Å². The first-order chi connectivity index (χ1) is 9.22. The van der Waals surface area contributed by atoms with Crippen molar-refractivity contribution in [2.24, 2.45) is 0 Å². The number of hydrogen-bond acceptors (Lipinski definition) is 4. The van der Waals surface area contributed by atoms with E-state index in [2.05, 4.69) is 43.2 Å². The molecule has 102 valence electrons. The number of pyridine rings is 1. The summed E-state index contributed by atoms with van der Waals surface area (Å²) < 4.78 is 2.75. The number of hydrogen-bond donors (Lipinski definition) is 1. The normalized spacial score (nSPS) is 18.0. The largest absolute Gasteiger partial charge is 0.349 e. The zero-order valence-electron chi connectivity index (χ0n) is 11.0. The summed E-state index contributed by atoms with van der Waals surface area (Å²) in [5.74, 6) is 0.693. The fourth-order valence-electron chi connectivity index (χ4n) is 2.55. The predicted molar refractivity (Wildman–Crippen MR) is 79.4 cm³/mol. The second-order valence-corrected chi connectivity index (χ2v) is 5.97. The van der Waals surface area contributed by atoms with Crippen LogP contribution in [0.3, 0.4) is 0 Å². The number of nitrogens with zero attached hydrogens (tertiary/aromatic N) is 4. The van der Waals surface area contributed by atoms with E-state index in [9.17, 15) is 0 Å². The van der Waals surface area contributed by atoms with Crippen molar-refractivity contribution in [1.82, 2.24) is 19.5 Å². The molecule has 5 nitrogen and oxygen atoms in total. The maximum absolute atomic E-state index is 4.50. The Bertz CT molecular complexity index is 561. The Balaban J connectivity index is 1.68. The van der Waals surface area contributed by atoms with Crippen LogP contribution in [0.25, 0.3) is 5.65 Å². The molecule has 1 aliphatic rings. The molecular weight excluding hydrogens is 306 g/mol. The Labute approximate surface area is 121 Å². The van der Waals surface area contributed by atoms with Gasteiger partial charge in [-0.15, -0.1) is 5.10 Å². The van der Waals surface area contributed by atoms with Crippen LogP contribution in [-0.4, -0.2) is 45.2 Å². The molecule has 0 spiro atoms. The van der Waals surface area contributed by atoms with Crippen molar-refractivity contribution in [3.63, 3.8) is 0 Å². The minimum Gasteiger partial charge on any atom is -0.349 e. The number of likely N-dealkylation sites (tertiary alicyclic amines) is 1. The molecule has 2 aromatic rings. The highest BCUT2D eigenvalue weighted by molar-refractivity contribution is 9.10. The van der Waals surface area contributed by atoms with E-state index in [0.717, 1.165) is 16.7 Å². The van der Waals surface area contributed by atoms with Gasteiger partial charge in [0.15, 0.2) is 5.65 Å². The zero-order valence-corrected chi connectivity index (χ0v) is 12.6. The van der Waals surface area contributed by atoms with Crippen molar-refractivity contribution in [2.75, 3.05) is 25.0 Å². The fourth-order valence-corrected chi connectivity index (χ4v) is 2.98. The molecular formula is C13H18BrN5. The molecule has 19 heavy (non-hydrogen) atoms. The molecule has 0 aliphatic carbocycles. The summed E-state index contributed by atoms with van der Waals surface area (Å²) in [5.41, 5.74) is 0.846. The molecule has 1 saturated heterocycles. The average Bonchev–Trinajstić information content (AvgIpc) is 2.98. The van der Waals surface area contributed by atoms with Gasteiger partial charge in [-0.05, 0) is 60.9 Å². The molecule has 0 amide bonds. The van der Waals surface area contributed by atoms with Gasteiger partial charge in [-0.25, -0.2) is 4.52 Å². The highest BCUT2D eigenvalue weighted by Crippen LogP contribution is 2.17. The molecule has 1 atom stereocenters. The topological polar surface area (TPSA) is 45.5 Å². The van der Waals surface area contributed by atoms with Crippen LogP contribution in [0, 0.1) is 0 Å². The lowest BCUT2D eigenvalue weighted by Gasteiger charge is -2.20. The quantitative estimate of drug-likeness (QED) is 0.938. The third kappa shape index (κ3) is 2.90. The summed E-state index contributed by atoms with van der Waals surface area (Å²) in [5, 5.41) is 7.81. The van der Waals surface area contributed by atoms with Crippen molar-refractivity contribution >= 4 is 27.5 Å². The molecule has 3 heterocycles. The molecule has 0 aromatic carbocycles. The summed E-state index contributed by atoms with van der Waals surface area (Å²) in [6, 6.07) is 4.28. The van der Waals surface area contributed by atoms with Gasteiger partial charge in [0.25, 0.3) is 0 Å². The monoisotopic (exact) mass is 323 g/mol. The summed E-state index contributed by atoms with van der Waals surface area (Å²) in [4.78, 5) is 6.99. The Morgan fingerprint density at radius 3 is 2.95 bits per heavy atom. The first-order valence-electron chi connectivity index (χ1n) is 6.72. The van der Waals surface area contributed by atoms with Crippen molar-refractivity contribution in [1.29, 1.82) is 0 Å². The van der Waals surface area contributed by atoms with Gasteiger partial charge in [0, 0.05) is 18.8 Å². The van der Waals surface area contributed by atoms with Crippen LogP contribution in [-0.2, 0) is 0 Å². The first-order valence-corrected chi connectivity index (χ1v) is 7.51. The van der Waals surface area contributed by atoms with E-state index in [1.165, 1.54) is 25.9 Å². The van der Waals surface area contributed by atoms with Crippen LogP contribution in [0.4, 0.5) is 5.95 Å². The van der Waals surface area contributed by atoms with Crippen molar-refractivity contribution in [3.05, 3.63) is 22.8 Å². The van der Waals surface area contributed by atoms with Crippen molar-refractivity contribution < 1.29 is 0 Å². The second-order valence-electron chi connectivity index (χ2n) is 5.11. The van der Waals surface area contributed by atoms with Gasteiger partial charge < -0.3 is 10.2 Å². The van der Waals surface area contributed by atoms with Gasteiger partial charge in [0.05, 0.1) is 4.47 Å². The first kappa shape index (κ1) is 12.9. The number of anilines is 1. The van der Waals surface area contributed by atoms with E-state index < -0.39 is 0 Å². The second kappa shape index (κ2) is 5.46. The number of rotatable bonds is 4. The minimum atomic E-state index is 0.356. The van der Waals surface area contributed by atoms with Crippen LogP contribution in [0.5, 0.6) is 0 Å². The van der Waals surface area contributed by atoms with E-state index in [0.29, 0.717) is 12.0 Å². The molecule has 0 radical (unpaired) electrons. The molecule has 2 aromatic heterocycles. The zero-order chi connectivity index (χ0) is 13.2. The predicted octanol–water partition coefficient (Wildman–Crippen LogP) is 2.39. The lowest BCUT2D eigenvalue weighted by Crippen LogP contribution is -2.33. The van der Waals surface area contributed by atoms with E-state index in [-0.39, 0.29) is 0 Å². The molecule has 1 unspecified atom stereocenters. The fraction of sp³-hybridized carbons (Fsp3) is 0.538.